The van der Waals surface area contributed by atoms with Gasteiger partial charge in [-0.15, -0.1) is 0 Å². The Bertz CT molecular complexity index is 186. The molecule has 0 aliphatic heterocycles. The second-order valence-electron chi connectivity index (χ2n) is 4.44. The third-order valence-corrected chi connectivity index (χ3v) is 2.18. The first kappa shape index (κ1) is 13.4. The molecule has 0 bridgehead atoms. The van der Waals surface area contributed by atoms with Crippen LogP contribution in [-0.4, -0.2) is 29.8 Å². The highest BCUT2D eigenvalue weighted by atomic mass is 16.5. The molecule has 0 spiro atoms. The largest absolute Gasteiger partial charge is 0.469 e. The average molecular weight is 203 g/mol. The van der Waals surface area contributed by atoms with E-state index in [-0.39, 0.29) is 24.3 Å². The van der Waals surface area contributed by atoms with Crippen LogP contribution in [0.25, 0.3) is 0 Å². The molecule has 4 nitrogen and oxygen atoms in total. The van der Waals surface area contributed by atoms with Crippen LogP contribution in [0.2, 0.25) is 0 Å². The molecule has 14 heavy (non-hydrogen) atoms. The molecule has 0 heterocycles. The van der Waals surface area contributed by atoms with E-state index in [0.717, 1.165) is 0 Å². The molecule has 0 amide bonds. The number of esters is 1. The maximum Gasteiger partial charge on any atom is 0.307 e. The Balaban J connectivity index is 3.99. The molecule has 2 atom stereocenters. The number of carbonyl (C=O) groups is 1. The predicted octanol–water partition coefficient (Wildman–Crippen LogP) is 0.674. The van der Waals surface area contributed by atoms with Crippen molar-refractivity contribution in [3.05, 3.63) is 0 Å². The lowest BCUT2D eigenvalue weighted by molar-refractivity contribution is -0.141. The van der Waals surface area contributed by atoms with Crippen LogP contribution in [-0.2, 0) is 9.53 Å². The number of hydrogen-bond donors (Lipinski definition) is 2. The molecule has 84 valence electrons. The topological polar surface area (TPSA) is 72.5 Å². The number of rotatable bonds is 5. The first-order valence-electron chi connectivity index (χ1n) is 4.81. The molecule has 0 aliphatic carbocycles. The summed E-state index contributed by atoms with van der Waals surface area (Å²) in [4.78, 5) is 10.9. The quantitative estimate of drug-likeness (QED) is 0.644. The summed E-state index contributed by atoms with van der Waals surface area (Å²) in [6.07, 6.45) is 0.777. The SMILES string of the molecule is COC(=O)C[C@H](N)[C@H](C)CC(C)(C)O. The van der Waals surface area contributed by atoms with Gasteiger partial charge in [-0.3, -0.25) is 4.79 Å². The van der Waals surface area contributed by atoms with Crippen molar-refractivity contribution in [1.82, 2.24) is 0 Å². The summed E-state index contributed by atoms with van der Waals surface area (Å²) in [5, 5.41) is 9.56. The summed E-state index contributed by atoms with van der Waals surface area (Å²) in [7, 11) is 1.34. The summed E-state index contributed by atoms with van der Waals surface area (Å²) in [5.41, 5.74) is 5.05. The van der Waals surface area contributed by atoms with E-state index in [2.05, 4.69) is 4.74 Å². The van der Waals surface area contributed by atoms with Crippen LogP contribution >= 0.6 is 0 Å². The highest BCUT2D eigenvalue weighted by Gasteiger charge is 2.23. The Morgan fingerprint density at radius 3 is 2.43 bits per heavy atom. The van der Waals surface area contributed by atoms with E-state index in [1.807, 2.05) is 6.92 Å². The minimum Gasteiger partial charge on any atom is -0.469 e. The predicted molar refractivity (Wildman–Crippen MR) is 54.7 cm³/mol. The fraction of sp³-hybridized carbons (Fsp3) is 0.900. The molecular weight excluding hydrogens is 182 g/mol. The lowest BCUT2D eigenvalue weighted by Crippen LogP contribution is -2.35. The van der Waals surface area contributed by atoms with Gasteiger partial charge in [-0.2, -0.15) is 0 Å². The smallest absolute Gasteiger partial charge is 0.307 e. The maximum absolute atomic E-state index is 10.9. The Hall–Kier alpha value is -0.610. The molecule has 0 aliphatic rings. The van der Waals surface area contributed by atoms with Crippen molar-refractivity contribution >= 4 is 5.97 Å². The van der Waals surface area contributed by atoms with Gasteiger partial charge in [0.15, 0.2) is 0 Å². The monoisotopic (exact) mass is 203 g/mol. The van der Waals surface area contributed by atoms with Crippen LogP contribution in [0.4, 0.5) is 0 Å². The lowest BCUT2D eigenvalue weighted by Gasteiger charge is -2.25. The highest BCUT2D eigenvalue weighted by Crippen LogP contribution is 2.19. The zero-order chi connectivity index (χ0) is 11.4. The maximum atomic E-state index is 10.9. The first-order valence-corrected chi connectivity index (χ1v) is 4.81. The Morgan fingerprint density at radius 1 is 1.57 bits per heavy atom. The summed E-state index contributed by atoms with van der Waals surface area (Å²) in [6, 6.07) is -0.256. The van der Waals surface area contributed by atoms with Crippen molar-refractivity contribution in [2.75, 3.05) is 7.11 Å². The normalized spacial score (nSPS) is 16.1. The Labute approximate surface area is 85.4 Å². The number of methoxy groups -OCH3 is 1. The Morgan fingerprint density at radius 2 is 2.07 bits per heavy atom. The number of hydrogen-bond acceptors (Lipinski definition) is 4. The van der Waals surface area contributed by atoms with Gasteiger partial charge in [0.1, 0.15) is 0 Å². The van der Waals surface area contributed by atoms with Crippen molar-refractivity contribution in [3.8, 4) is 0 Å². The lowest BCUT2D eigenvalue weighted by atomic mass is 9.88. The molecule has 0 fully saturated rings. The van der Waals surface area contributed by atoms with Gasteiger partial charge >= 0.3 is 5.97 Å². The van der Waals surface area contributed by atoms with Crippen LogP contribution < -0.4 is 5.73 Å². The molecule has 3 N–H and O–H groups in total. The minimum absolute atomic E-state index is 0.0918. The molecule has 0 saturated carbocycles. The zero-order valence-electron chi connectivity index (χ0n) is 9.41. The van der Waals surface area contributed by atoms with E-state index in [0.29, 0.717) is 6.42 Å². The third kappa shape index (κ3) is 5.94. The summed E-state index contributed by atoms with van der Waals surface area (Å²) in [5.74, 6) is -0.214. The van der Waals surface area contributed by atoms with Crippen molar-refractivity contribution in [2.24, 2.45) is 11.7 Å². The van der Waals surface area contributed by atoms with Crippen LogP contribution in [0, 0.1) is 5.92 Å². The molecule has 0 aromatic rings. The molecule has 4 heteroatoms. The molecule has 0 aromatic heterocycles. The second kappa shape index (κ2) is 5.32. The van der Waals surface area contributed by atoms with Crippen LogP contribution in [0.5, 0.6) is 0 Å². The number of nitrogens with two attached hydrogens (primary N) is 1. The van der Waals surface area contributed by atoms with Gasteiger partial charge in [-0.1, -0.05) is 6.92 Å². The van der Waals surface area contributed by atoms with Gasteiger partial charge in [0, 0.05) is 6.04 Å². The van der Waals surface area contributed by atoms with E-state index in [9.17, 15) is 9.90 Å². The molecule has 0 unspecified atom stereocenters. The number of carbonyl (C=O) groups excluding carboxylic acids is 1. The molecular formula is C10H21NO3. The fourth-order valence-corrected chi connectivity index (χ4v) is 1.42. The van der Waals surface area contributed by atoms with Crippen LogP contribution in [0.3, 0.4) is 0 Å². The molecule has 0 rings (SSSR count). The third-order valence-electron chi connectivity index (χ3n) is 2.18. The summed E-state index contributed by atoms with van der Waals surface area (Å²) in [6.45, 7) is 5.38. The molecule has 0 radical (unpaired) electrons. The molecule has 0 aromatic carbocycles. The van der Waals surface area contributed by atoms with E-state index in [4.69, 9.17) is 5.73 Å². The van der Waals surface area contributed by atoms with Crippen LogP contribution in [0.1, 0.15) is 33.6 Å². The zero-order valence-corrected chi connectivity index (χ0v) is 9.41. The first-order chi connectivity index (χ1) is 6.26. The van der Waals surface area contributed by atoms with Crippen molar-refractivity contribution in [2.45, 2.75) is 45.3 Å². The average Bonchev–Trinajstić information content (AvgIpc) is 2.00. The van der Waals surface area contributed by atoms with E-state index < -0.39 is 5.60 Å². The van der Waals surface area contributed by atoms with Gasteiger partial charge in [0.25, 0.3) is 0 Å². The molecule has 0 saturated heterocycles. The fourth-order valence-electron chi connectivity index (χ4n) is 1.42. The van der Waals surface area contributed by atoms with Crippen molar-refractivity contribution in [3.63, 3.8) is 0 Å². The van der Waals surface area contributed by atoms with Gasteiger partial charge in [-0.25, -0.2) is 0 Å². The van der Waals surface area contributed by atoms with Gasteiger partial charge in [0.05, 0.1) is 19.1 Å². The van der Waals surface area contributed by atoms with Gasteiger partial charge < -0.3 is 15.6 Å². The van der Waals surface area contributed by atoms with Crippen LogP contribution in [0.15, 0.2) is 0 Å². The summed E-state index contributed by atoms with van der Waals surface area (Å²) >= 11 is 0. The van der Waals surface area contributed by atoms with E-state index in [1.54, 1.807) is 13.8 Å². The Kier molecular flexibility index (Phi) is 5.08. The number of aliphatic hydroxyl groups is 1. The van der Waals surface area contributed by atoms with E-state index in [1.165, 1.54) is 7.11 Å². The van der Waals surface area contributed by atoms with Crippen molar-refractivity contribution in [1.29, 1.82) is 0 Å². The highest BCUT2D eigenvalue weighted by molar-refractivity contribution is 5.69. The summed E-state index contributed by atoms with van der Waals surface area (Å²) < 4.78 is 4.52. The standard InChI is InChI=1S/C10H21NO3/c1-7(6-10(2,3)13)8(11)5-9(12)14-4/h7-8,13H,5-6,11H2,1-4H3/t7-,8+/m1/s1. The van der Waals surface area contributed by atoms with Gasteiger partial charge in [0.2, 0.25) is 0 Å². The second-order valence-corrected chi connectivity index (χ2v) is 4.44. The number of ether oxygens (including phenoxy) is 1. The van der Waals surface area contributed by atoms with Crippen molar-refractivity contribution < 1.29 is 14.6 Å². The van der Waals surface area contributed by atoms with Gasteiger partial charge in [-0.05, 0) is 26.2 Å². The van der Waals surface area contributed by atoms with E-state index >= 15 is 0 Å². The minimum atomic E-state index is -0.743.